The molecule has 2 rings (SSSR count). The predicted molar refractivity (Wildman–Crippen MR) is 59.6 cm³/mol. The first-order valence-electron chi connectivity index (χ1n) is 3.83. The average molecular weight is 266 g/mol. The van der Waals surface area contributed by atoms with Crippen LogP contribution in [0.4, 0.5) is 0 Å². The molecule has 68 valence electrons. The molecule has 1 aromatic carbocycles. The molecule has 4 heteroatoms. The maximum Gasteiger partial charge on any atom is 0.152 e. The molecule has 0 spiro atoms. The summed E-state index contributed by atoms with van der Waals surface area (Å²) >= 11 is 4.89. The Balaban J connectivity index is 2.94. The second-order valence-electron chi connectivity index (χ2n) is 2.72. The first-order valence-corrected chi connectivity index (χ1v) is 5.50. The van der Waals surface area contributed by atoms with E-state index in [1.807, 2.05) is 17.5 Å². The summed E-state index contributed by atoms with van der Waals surface area (Å²) in [5.41, 5.74) is 0.847. The molecule has 0 N–H and O–H groups in total. The third-order valence-corrected chi connectivity index (χ3v) is 3.99. The fourth-order valence-corrected chi connectivity index (χ4v) is 2.94. The fourth-order valence-electron chi connectivity index (χ4n) is 1.29. The van der Waals surface area contributed by atoms with Gasteiger partial charge >= 0.3 is 0 Å². The van der Waals surface area contributed by atoms with E-state index in [0.29, 0.717) is 17.4 Å². The van der Waals surface area contributed by atoms with Crippen LogP contribution in [0.15, 0.2) is 22.0 Å². The van der Waals surface area contributed by atoms with Gasteiger partial charge in [-0.3, -0.25) is 4.79 Å². The molecule has 14 heavy (non-hydrogen) atoms. The van der Waals surface area contributed by atoms with Crippen LogP contribution in [0.5, 0.6) is 0 Å². The number of nitrogens with zero attached hydrogens (tertiary/aromatic N) is 1. The van der Waals surface area contributed by atoms with Crippen molar-refractivity contribution >= 4 is 43.6 Å². The highest BCUT2D eigenvalue weighted by Gasteiger charge is 2.11. The van der Waals surface area contributed by atoms with Gasteiger partial charge in [-0.1, -0.05) is 0 Å². The zero-order valence-corrected chi connectivity index (χ0v) is 9.35. The lowest BCUT2D eigenvalue weighted by Gasteiger charge is -2.00. The van der Waals surface area contributed by atoms with Crippen molar-refractivity contribution in [3.63, 3.8) is 0 Å². The highest BCUT2D eigenvalue weighted by molar-refractivity contribution is 9.10. The molecule has 0 bridgehead atoms. The van der Waals surface area contributed by atoms with Crippen LogP contribution >= 0.6 is 27.3 Å². The van der Waals surface area contributed by atoms with E-state index in [-0.39, 0.29) is 0 Å². The van der Waals surface area contributed by atoms with Crippen molar-refractivity contribution in [2.45, 2.75) is 0 Å². The molecular weight excluding hydrogens is 262 g/mol. The lowest BCUT2D eigenvalue weighted by molar-refractivity contribution is 0.112. The number of hydrogen-bond acceptors (Lipinski definition) is 3. The molecule has 0 unspecified atom stereocenters. The van der Waals surface area contributed by atoms with E-state index in [1.54, 1.807) is 17.4 Å². The molecular formula is C10H4BrNOS. The molecule has 0 amide bonds. The van der Waals surface area contributed by atoms with Crippen molar-refractivity contribution in [3.8, 4) is 6.07 Å². The highest BCUT2D eigenvalue weighted by atomic mass is 79.9. The lowest BCUT2D eigenvalue weighted by Crippen LogP contribution is -1.88. The molecule has 0 fully saturated rings. The Morgan fingerprint density at radius 3 is 3.00 bits per heavy atom. The minimum atomic E-state index is 0.415. The minimum absolute atomic E-state index is 0.415. The van der Waals surface area contributed by atoms with Crippen molar-refractivity contribution < 1.29 is 4.79 Å². The first kappa shape index (κ1) is 9.38. The first-order chi connectivity index (χ1) is 6.77. The van der Waals surface area contributed by atoms with Gasteiger partial charge in [0.05, 0.1) is 11.6 Å². The second-order valence-corrected chi connectivity index (χ2v) is 4.43. The van der Waals surface area contributed by atoms with E-state index in [1.165, 1.54) is 0 Å². The van der Waals surface area contributed by atoms with Crippen LogP contribution in [0.2, 0.25) is 0 Å². The van der Waals surface area contributed by atoms with Crippen molar-refractivity contribution in [1.82, 2.24) is 0 Å². The molecule has 0 radical (unpaired) electrons. The Morgan fingerprint density at radius 1 is 1.57 bits per heavy atom. The average Bonchev–Trinajstić information content (AvgIpc) is 2.65. The van der Waals surface area contributed by atoms with Gasteiger partial charge in [0, 0.05) is 14.7 Å². The molecule has 0 aliphatic carbocycles. The fraction of sp³-hybridized carbons (Fsp3) is 0. The second kappa shape index (κ2) is 3.52. The summed E-state index contributed by atoms with van der Waals surface area (Å²) in [6.45, 7) is 0. The summed E-state index contributed by atoms with van der Waals surface area (Å²) in [5, 5.41) is 11.8. The summed E-state index contributed by atoms with van der Waals surface area (Å²) in [6, 6.07) is 5.68. The van der Waals surface area contributed by atoms with E-state index < -0.39 is 0 Å². The van der Waals surface area contributed by atoms with Gasteiger partial charge in [-0.25, -0.2) is 0 Å². The van der Waals surface area contributed by atoms with Crippen LogP contribution in [-0.4, -0.2) is 6.29 Å². The maximum absolute atomic E-state index is 10.8. The zero-order valence-electron chi connectivity index (χ0n) is 6.95. The number of aldehydes is 1. The van der Waals surface area contributed by atoms with Crippen LogP contribution < -0.4 is 0 Å². The largest absolute Gasteiger partial charge is 0.298 e. The molecule has 1 heterocycles. The highest BCUT2D eigenvalue weighted by Crippen LogP contribution is 2.33. The van der Waals surface area contributed by atoms with Gasteiger partial charge < -0.3 is 0 Å². The van der Waals surface area contributed by atoms with Gasteiger partial charge in [-0.15, -0.1) is 11.3 Å². The number of hydrogen-bond donors (Lipinski definition) is 0. The van der Waals surface area contributed by atoms with E-state index >= 15 is 0 Å². The zero-order chi connectivity index (χ0) is 10.1. The van der Waals surface area contributed by atoms with Crippen molar-refractivity contribution in [2.75, 3.05) is 0 Å². The molecule has 2 aromatic rings. The third kappa shape index (κ3) is 1.26. The Morgan fingerprint density at radius 2 is 2.36 bits per heavy atom. The Hall–Kier alpha value is -1.18. The smallest absolute Gasteiger partial charge is 0.152 e. The van der Waals surface area contributed by atoms with Crippen molar-refractivity contribution in [3.05, 3.63) is 33.1 Å². The number of halogens is 1. The van der Waals surface area contributed by atoms with Crippen LogP contribution in [0.25, 0.3) is 10.1 Å². The van der Waals surface area contributed by atoms with Crippen molar-refractivity contribution in [1.29, 1.82) is 5.26 Å². The number of carbonyl (C=O) groups excluding carboxylic acids is 1. The SMILES string of the molecule is N#Cc1cc2ccsc2c(Br)c1C=O. The number of thiophene rings is 1. The number of benzene rings is 1. The standard InChI is InChI=1S/C10H4BrNOS/c11-9-8(5-13)7(4-12)3-6-1-2-14-10(6)9/h1-3,5H. The predicted octanol–water partition coefficient (Wildman–Crippen LogP) is 3.35. The number of carbonyl (C=O) groups is 1. The molecule has 0 saturated heterocycles. The van der Waals surface area contributed by atoms with E-state index in [9.17, 15) is 4.79 Å². The summed E-state index contributed by atoms with van der Waals surface area (Å²) < 4.78 is 1.72. The van der Waals surface area contributed by atoms with Gasteiger partial charge in [-0.05, 0) is 38.8 Å². The van der Waals surface area contributed by atoms with Crippen LogP contribution in [0, 0.1) is 11.3 Å². The number of nitriles is 1. The minimum Gasteiger partial charge on any atom is -0.298 e. The van der Waals surface area contributed by atoms with E-state index in [4.69, 9.17) is 5.26 Å². The monoisotopic (exact) mass is 265 g/mol. The van der Waals surface area contributed by atoms with Gasteiger partial charge in [0.1, 0.15) is 0 Å². The molecule has 1 aromatic heterocycles. The van der Waals surface area contributed by atoms with Gasteiger partial charge in [-0.2, -0.15) is 5.26 Å². The quantitative estimate of drug-likeness (QED) is 0.742. The Bertz CT molecular complexity index is 553. The van der Waals surface area contributed by atoms with Crippen LogP contribution in [-0.2, 0) is 0 Å². The topological polar surface area (TPSA) is 40.9 Å². The lowest BCUT2D eigenvalue weighted by atomic mass is 10.1. The van der Waals surface area contributed by atoms with Gasteiger partial charge in [0.2, 0.25) is 0 Å². The van der Waals surface area contributed by atoms with Gasteiger partial charge in [0.25, 0.3) is 0 Å². The van der Waals surface area contributed by atoms with Gasteiger partial charge in [0.15, 0.2) is 6.29 Å². The van der Waals surface area contributed by atoms with E-state index in [0.717, 1.165) is 14.6 Å². The molecule has 2 nitrogen and oxygen atoms in total. The van der Waals surface area contributed by atoms with Crippen molar-refractivity contribution in [2.24, 2.45) is 0 Å². The summed E-state index contributed by atoms with van der Waals surface area (Å²) in [7, 11) is 0. The van der Waals surface area contributed by atoms with Crippen LogP contribution in [0.1, 0.15) is 15.9 Å². The van der Waals surface area contributed by atoms with E-state index in [2.05, 4.69) is 15.9 Å². The Labute approximate surface area is 92.9 Å². The summed E-state index contributed by atoms with van der Waals surface area (Å²) in [5.74, 6) is 0. The molecule has 0 atom stereocenters. The normalized spacial score (nSPS) is 10.0. The maximum atomic E-state index is 10.8. The van der Waals surface area contributed by atoms with Crippen LogP contribution in [0.3, 0.4) is 0 Å². The number of rotatable bonds is 1. The number of fused-ring (bicyclic) bond motifs is 1. The summed E-state index contributed by atoms with van der Waals surface area (Å²) in [4.78, 5) is 10.8. The molecule has 0 aliphatic heterocycles. The Kier molecular flexibility index (Phi) is 2.36. The molecule has 0 aliphatic rings. The third-order valence-electron chi connectivity index (χ3n) is 1.96. The summed E-state index contributed by atoms with van der Waals surface area (Å²) in [6.07, 6.45) is 0.710. The molecule has 0 saturated carbocycles.